The third-order valence-corrected chi connectivity index (χ3v) is 5.49. The smallest absolute Gasteiger partial charge is 0.0325 e. The lowest BCUT2D eigenvalue weighted by Crippen LogP contribution is -2.43. The summed E-state index contributed by atoms with van der Waals surface area (Å²) in [6, 6.07) is 10.4. The topological polar surface area (TPSA) is 12.0 Å². The normalized spacial score (nSPS) is 34.8. The van der Waals surface area contributed by atoms with Crippen LogP contribution in [0.5, 0.6) is 0 Å². The van der Waals surface area contributed by atoms with Gasteiger partial charge in [0.25, 0.3) is 0 Å². The summed E-state index contributed by atoms with van der Waals surface area (Å²) < 4.78 is 0. The Morgan fingerprint density at radius 1 is 1.00 bits per heavy atom. The number of fused-ring (bicyclic) bond motifs is 1. The van der Waals surface area contributed by atoms with E-state index in [1.807, 2.05) is 0 Å². The molecule has 0 aliphatic heterocycles. The molecule has 1 heteroatoms. The second-order valence-electron chi connectivity index (χ2n) is 6.68. The van der Waals surface area contributed by atoms with E-state index in [9.17, 15) is 0 Å². The van der Waals surface area contributed by atoms with E-state index in [0.717, 1.165) is 17.9 Å². The number of benzene rings is 1. The Morgan fingerprint density at radius 2 is 1.84 bits per heavy atom. The lowest BCUT2D eigenvalue weighted by Gasteiger charge is -2.38. The summed E-state index contributed by atoms with van der Waals surface area (Å²) >= 11 is 0. The summed E-state index contributed by atoms with van der Waals surface area (Å²) in [5.41, 5.74) is 3.14. The fourth-order valence-corrected chi connectivity index (χ4v) is 4.00. The van der Waals surface area contributed by atoms with Gasteiger partial charge in [-0.1, -0.05) is 51.0 Å². The first-order valence-corrected chi connectivity index (χ1v) is 8.09. The summed E-state index contributed by atoms with van der Waals surface area (Å²) in [4.78, 5) is 0. The third-order valence-electron chi connectivity index (χ3n) is 5.49. The Kier molecular flexibility index (Phi) is 3.93. The molecule has 0 spiro atoms. The summed E-state index contributed by atoms with van der Waals surface area (Å²) in [7, 11) is 0. The molecule has 0 saturated heterocycles. The zero-order chi connectivity index (χ0) is 13.2. The molecule has 0 radical (unpaired) electrons. The van der Waals surface area contributed by atoms with Crippen LogP contribution in [0.15, 0.2) is 24.3 Å². The number of hydrogen-bond donors (Lipinski definition) is 1. The zero-order valence-electron chi connectivity index (χ0n) is 12.4. The molecule has 0 bridgehead atoms. The van der Waals surface area contributed by atoms with Gasteiger partial charge in [0.2, 0.25) is 0 Å². The maximum Gasteiger partial charge on any atom is 0.0325 e. The van der Waals surface area contributed by atoms with E-state index < -0.39 is 0 Å². The molecule has 0 amide bonds. The number of nitrogens with one attached hydrogen (secondary N) is 1. The molecule has 2 aliphatic rings. The Balaban J connectivity index is 1.74. The van der Waals surface area contributed by atoms with E-state index in [0.29, 0.717) is 6.04 Å². The molecule has 2 aliphatic carbocycles. The highest BCUT2D eigenvalue weighted by Gasteiger charge is 2.30. The van der Waals surface area contributed by atoms with Crippen LogP contribution in [0.2, 0.25) is 0 Å². The maximum absolute atomic E-state index is 3.99. The van der Waals surface area contributed by atoms with Crippen LogP contribution in [-0.4, -0.2) is 6.04 Å². The largest absolute Gasteiger partial charge is 0.307 e. The summed E-state index contributed by atoms with van der Waals surface area (Å²) in [5.74, 6) is 1.70. The van der Waals surface area contributed by atoms with Crippen molar-refractivity contribution in [1.29, 1.82) is 0 Å². The van der Waals surface area contributed by atoms with Crippen molar-refractivity contribution in [3.05, 3.63) is 35.4 Å². The van der Waals surface area contributed by atoms with Gasteiger partial charge in [-0.15, -0.1) is 0 Å². The first-order valence-electron chi connectivity index (χ1n) is 8.09. The van der Waals surface area contributed by atoms with Crippen LogP contribution in [0.1, 0.15) is 63.1 Å². The average molecular weight is 257 g/mol. The lowest BCUT2D eigenvalue weighted by molar-refractivity contribution is 0.189. The molecule has 1 aromatic rings. The maximum atomic E-state index is 3.99. The molecule has 0 heterocycles. The molecule has 1 N–H and O–H groups in total. The van der Waals surface area contributed by atoms with E-state index in [2.05, 4.69) is 43.4 Å². The Hall–Kier alpha value is -0.820. The van der Waals surface area contributed by atoms with Gasteiger partial charge in [-0.2, -0.15) is 0 Å². The van der Waals surface area contributed by atoms with E-state index in [1.165, 1.54) is 38.5 Å². The van der Waals surface area contributed by atoms with E-state index in [1.54, 1.807) is 11.1 Å². The van der Waals surface area contributed by atoms with Crippen molar-refractivity contribution in [3.8, 4) is 0 Å². The van der Waals surface area contributed by atoms with Gasteiger partial charge in [-0.3, -0.25) is 0 Å². The molecule has 1 aromatic carbocycles. The van der Waals surface area contributed by atoms with Crippen LogP contribution >= 0.6 is 0 Å². The standard InChI is InChI=1S/C18H27N/c1-13-7-5-11-17(14(13)2)19-18-12-6-9-15-8-3-4-10-16(15)18/h3-4,8,10,13-14,17-19H,5-7,9,11-12H2,1-2H3. The Labute approximate surface area is 117 Å². The highest BCUT2D eigenvalue weighted by molar-refractivity contribution is 5.32. The van der Waals surface area contributed by atoms with Gasteiger partial charge >= 0.3 is 0 Å². The predicted octanol–water partition coefficient (Wildman–Crippen LogP) is 4.48. The lowest BCUT2D eigenvalue weighted by atomic mass is 9.77. The van der Waals surface area contributed by atoms with Crippen molar-refractivity contribution in [3.63, 3.8) is 0 Å². The minimum Gasteiger partial charge on any atom is -0.307 e. The van der Waals surface area contributed by atoms with Crippen LogP contribution in [0.4, 0.5) is 0 Å². The molecule has 19 heavy (non-hydrogen) atoms. The second-order valence-corrected chi connectivity index (χ2v) is 6.68. The summed E-state index contributed by atoms with van der Waals surface area (Å²) in [6.45, 7) is 4.86. The second kappa shape index (κ2) is 5.66. The van der Waals surface area contributed by atoms with Gasteiger partial charge in [0, 0.05) is 12.1 Å². The average Bonchev–Trinajstić information content (AvgIpc) is 2.44. The predicted molar refractivity (Wildman–Crippen MR) is 81.2 cm³/mol. The molecule has 4 atom stereocenters. The summed E-state index contributed by atoms with van der Waals surface area (Å²) in [5, 5.41) is 3.99. The SMILES string of the molecule is CC1CCCC(NC2CCCc3ccccc32)C1C. The Bertz CT molecular complexity index is 425. The van der Waals surface area contributed by atoms with Crippen LogP contribution in [0.25, 0.3) is 0 Å². The molecule has 104 valence electrons. The molecule has 1 nitrogen and oxygen atoms in total. The van der Waals surface area contributed by atoms with Gasteiger partial charge in [0.1, 0.15) is 0 Å². The van der Waals surface area contributed by atoms with Gasteiger partial charge in [0.15, 0.2) is 0 Å². The van der Waals surface area contributed by atoms with Crippen LogP contribution < -0.4 is 5.32 Å². The fourth-order valence-electron chi connectivity index (χ4n) is 4.00. The van der Waals surface area contributed by atoms with E-state index >= 15 is 0 Å². The minimum absolute atomic E-state index is 0.600. The highest BCUT2D eigenvalue weighted by atomic mass is 15.0. The van der Waals surface area contributed by atoms with Crippen molar-refractivity contribution in [2.45, 2.75) is 64.5 Å². The van der Waals surface area contributed by atoms with Crippen LogP contribution in [0.3, 0.4) is 0 Å². The quantitative estimate of drug-likeness (QED) is 0.823. The van der Waals surface area contributed by atoms with E-state index in [4.69, 9.17) is 0 Å². The highest BCUT2D eigenvalue weighted by Crippen LogP contribution is 2.34. The van der Waals surface area contributed by atoms with Crippen LogP contribution in [0, 0.1) is 11.8 Å². The van der Waals surface area contributed by atoms with Crippen LogP contribution in [-0.2, 0) is 6.42 Å². The number of hydrogen-bond acceptors (Lipinski definition) is 1. The van der Waals surface area contributed by atoms with Crippen molar-refractivity contribution in [1.82, 2.24) is 5.32 Å². The van der Waals surface area contributed by atoms with Gasteiger partial charge in [-0.05, 0) is 48.6 Å². The van der Waals surface area contributed by atoms with Gasteiger partial charge < -0.3 is 5.32 Å². The third kappa shape index (κ3) is 2.72. The molecule has 0 aromatic heterocycles. The molecular weight excluding hydrogens is 230 g/mol. The first kappa shape index (κ1) is 13.2. The molecule has 1 saturated carbocycles. The Morgan fingerprint density at radius 3 is 2.74 bits per heavy atom. The number of rotatable bonds is 2. The van der Waals surface area contributed by atoms with Crippen molar-refractivity contribution in [2.75, 3.05) is 0 Å². The van der Waals surface area contributed by atoms with Crippen molar-refractivity contribution >= 4 is 0 Å². The first-order chi connectivity index (χ1) is 9.25. The van der Waals surface area contributed by atoms with Crippen molar-refractivity contribution in [2.24, 2.45) is 11.8 Å². The van der Waals surface area contributed by atoms with Gasteiger partial charge in [-0.25, -0.2) is 0 Å². The molecule has 4 unspecified atom stereocenters. The monoisotopic (exact) mass is 257 g/mol. The fraction of sp³-hybridized carbons (Fsp3) is 0.667. The minimum atomic E-state index is 0.600. The number of aryl methyl sites for hydroxylation is 1. The summed E-state index contributed by atoms with van der Waals surface area (Å²) in [6.07, 6.45) is 8.10. The molecule has 1 fully saturated rings. The van der Waals surface area contributed by atoms with E-state index in [-0.39, 0.29) is 0 Å². The van der Waals surface area contributed by atoms with Gasteiger partial charge in [0.05, 0.1) is 0 Å². The zero-order valence-corrected chi connectivity index (χ0v) is 12.4. The molecular formula is C18H27N. The molecule has 3 rings (SSSR count). The van der Waals surface area contributed by atoms with Crippen molar-refractivity contribution < 1.29 is 0 Å².